The Morgan fingerprint density at radius 2 is 2.10 bits per heavy atom. The number of aliphatic hydroxyl groups excluding tert-OH is 3. The Kier molecular flexibility index (Phi) is 4.94. The highest BCUT2D eigenvalue weighted by Gasteiger charge is 2.44. The zero-order valence-electron chi connectivity index (χ0n) is 11.7. The lowest BCUT2D eigenvalue weighted by molar-refractivity contribution is -0.0484. The number of aromatic nitrogens is 2. The molecule has 21 heavy (non-hydrogen) atoms. The van der Waals surface area contributed by atoms with Crippen molar-refractivity contribution in [2.45, 2.75) is 38.2 Å². The molecule has 2 unspecified atom stereocenters. The van der Waals surface area contributed by atoms with Crippen molar-refractivity contribution in [1.29, 1.82) is 0 Å². The van der Waals surface area contributed by atoms with E-state index < -0.39 is 35.6 Å². The van der Waals surface area contributed by atoms with Gasteiger partial charge in [-0.1, -0.05) is 0 Å². The fourth-order valence-corrected chi connectivity index (χ4v) is 2.64. The largest absolute Gasteiger partial charge is 0.396 e. The van der Waals surface area contributed by atoms with Crippen LogP contribution in [0, 0.1) is 12.8 Å². The third-order valence-electron chi connectivity index (χ3n) is 3.80. The van der Waals surface area contributed by atoms with Crippen molar-refractivity contribution in [3.63, 3.8) is 0 Å². The maximum atomic E-state index is 11.9. The van der Waals surface area contributed by atoms with E-state index in [1.165, 1.54) is 10.8 Å². The first-order valence-corrected chi connectivity index (χ1v) is 6.87. The van der Waals surface area contributed by atoms with Gasteiger partial charge in [0.05, 0.1) is 12.7 Å². The van der Waals surface area contributed by atoms with E-state index in [0.29, 0.717) is 18.4 Å². The van der Waals surface area contributed by atoms with E-state index in [4.69, 9.17) is 9.84 Å². The molecule has 0 bridgehead atoms. The van der Waals surface area contributed by atoms with Crippen LogP contribution in [0.15, 0.2) is 15.8 Å². The maximum Gasteiger partial charge on any atom is 0.330 e. The highest BCUT2D eigenvalue weighted by molar-refractivity contribution is 5.03. The molecule has 1 aromatic rings. The summed E-state index contributed by atoms with van der Waals surface area (Å²) in [7, 11) is 0. The molecule has 0 aromatic carbocycles. The molecular formula is C13H20N2O6. The van der Waals surface area contributed by atoms with Crippen molar-refractivity contribution in [2.24, 2.45) is 5.92 Å². The third kappa shape index (κ3) is 3.08. The smallest absolute Gasteiger partial charge is 0.330 e. The Morgan fingerprint density at radius 3 is 2.71 bits per heavy atom. The van der Waals surface area contributed by atoms with E-state index in [1.54, 1.807) is 6.92 Å². The molecule has 1 saturated heterocycles. The summed E-state index contributed by atoms with van der Waals surface area (Å²) in [6.45, 7) is 1.15. The van der Waals surface area contributed by atoms with Crippen molar-refractivity contribution in [3.05, 3.63) is 32.6 Å². The number of aryl methyl sites for hydroxylation is 1. The van der Waals surface area contributed by atoms with Gasteiger partial charge in [-0.3, -0.25) is 14.3 Å². The number of hydrogen-bond acceptors (Lipinski definition) is 6. The quantitative estimate of drug-likeness (QED) is 0.524. The molecule has 0 amide bonds. The normalized spacial score (nSPS) is 29.0. The summed E-state index contributed by atoms with van der Waals surface area (Å²) in [5.74, 6) is -0.447. The predicted octanol–water partition coefficient (Wildman–Crippen LogP) is -1.52. The van der Waals surface area contributed by atoms with Gasteiger partial charge in [-0.15, -0.1) is 0 Å². The van der Waals surface area contributed by atoms with Gasteiger partial charge in [0.2, 0.25) is 0 Å². The number of H-pyrrole nitrogens is 1. The summed E-state index contributed by atoms with van der Waals surface area (Å²) >= 11 is 0. The summed E-state index contributed by atoms with van der Waals surface area (Å²) in [6.07, 6.45) is -0.264. The number of rotatable bonds is 5. The summed E-state index contributed by atoms with van der Waals surface area (Å²) in [6, 6.07) is 0. The van der Waals surface area contributed by atoms with Crippen LogP contribution in [0.25, 0.3) is 0 Å². The van der Waals surface area contributed by atoms with Crippen molar-refractivity contribution in [3.8, 4) is 0 Å². The van der Waals surface area contributed by atoms with Gasteiger partial charge in [0.1, 0.15) is 12.3 Å². The van der Waals surface area contributed by atoms with Crippen molar-refractivity contribution in [1.82, 2.24) is 9.55 Å². The van der Waals surface area contributed by atoms with Gasteiger partial charge >= 0.3 is 5.69 Å². The van der Waals surface area contributed by atoms with Crippen LogP contribution in [-0.2, 0) is 4.74 Å². The van der Waals surface area contributed by atoms with Crippen LogP contribution in [0.4, 0.5) is 0 Å². The first-order chi connectivity index (χ1) is 9.99. The lowest BCUT2D eigenvalue weighted by Gasteiger charge is -2.21. The number of nitrogens with one attached hydrogen (secondary N) is 1. The minimum absolute atomic E-state index is 0.0424. The molecule has 118 valence electrons. The molecule has 1 fully saturated rings. The van der Waals surface area contributed by atoms with Gasteiger partial charge in [-0.25, -0.2) is 4.79 Å². The number of ether oxygens (including phenoxy) is 1. The number of aromatic amines is 1. The first-order valence-electron chi connectivity index (χ1n) is 6.87. The van der Waals surface area contributed by atoms with Gasteiger partial charge in [-0.2, -0.15) is 0 Å². The summed E-state index contributed by atoms with van der Waals surface area (Å²) in [5.41, 5.74) is -0.753. The van der Waals surface area contributed by atoms with Crippen molar-refractivity contribution < 1.29 is 20.1 Å². The highest BCUT2D eigenvalue weighted by Crippen LogP contribution is 2.36. The molecule has 2 heterocycles. The fraction of sp³-hybridized carbons (Fsp3) is 0.692. The molecule has 0 saturated carbocycles. The average molecular weight is 300 g/mol. The van der Waals surface area contributed by atoms with Gasteiger partial charge in [0.15, 0.2) is 0 Å². The Balaban J connectivity index is 2.37. The molecule has 0 radical (unpaired) electrons. The van der Waals surface area contributed by atoms with Crippen LogP contribution in [0.5, 0.6) is 0 Å². The number of hydrogen-bond donors (Lipinski definition) is 4. The molecule has 8 heteroatoms. The molecule has 2 rings (SSSR count). The molecule has 4 N–H and O–H groups in total. The van der Waals surface area contributed by atoms with E-state index in [-0.39, 0.29) is 13.2 Å². The second-order valence-electron chi connectivity index (χ2n) is 5.25. The van der Waals surface area contributed by atoms with Gasteiger partial charge < -0.3 is 20.1 Å². The van der Waals surface area contributed by atoms with Gasteiger partial charge in [0.25, 0.3) is 5.56 Å². The zero-order valence-corrected chi connectivity index (χ0v) is 11.7. The van der Waals surface area contributed by atoms with E-state index >= 15 is 0 Å². The first kappa shape index (κ1) is 15.9. The summed E-state index contributed by atoms with van der Waals surface area (Å²) in [5, 5.41) is 28.3. The standard InChI is InChI=1S/C13H20N2O6/c1-7-5-15(13(20)14-11(7)19)12-8(3-2-4-16)10(18)9(6-17)21-12/h5,8-10,12,16-18H,2-4,6H2,1H3,(H,14,19,20)/t8?,9-,10?,12-/m1/s1. The third-order valence-corrected chi connectivity index (χ3v) is 3.80. The topological polar surface area (TPSA) is 125 Å². The van der Waals surface area contributed by atoms with Crippen LogP contribution in [0.2, 0.25) is 0 Å². The summed E-state index contributed by atoms with van der Waals surface area (Å²) < 4.78 is 6.77. The van der Waals surface area contributed by atoms with Crippen LogP contribution < -0.4 is 11.2 Å². The van der Waals surface area contributed by atoms with E-state index in [0.717, 1.165) is 0 Å². The monoisotopic (exact) mass is 300 g/mol. The lowest BCUT2D eigenvalue weighted by atomic mass is 9.94. The predicted molar refractivity (Wildman–Crippen MR) is 72.9 cm³/mol. The maximum absolute atomic E-state index is 11.9. The molecule has 1 aliphatic heterocycles. The zero-order chi connectivity index (χ0) is 15.6. The minimum atomic E-state index is -0.939. The van der Waals surface area contributed by atoms with Crippen molar-refractivity contribution in [2.75, 3.05) is 13.2 Å². The Labute approximate surface area is 120 Å². The lowest BCUT2D eigenvalue weighted by Crippen LogP contribution is -2.36. The van der Waals surface area contributed by atoms with Gasteiger partial charge in [0, 0.05) is 24.3 Å². The minimum Gasteiger partial charge on any atom is -0.396 e. The van der Waals surface area contributed by atoms with Crippen LogP contribution in [0.1, 0.15) is 24.6 Å². The van der Waals surface area contributed by atoms with Crippen LogP contribution in [-0.4, -0.2) is 50.3 Å². The van der Waals surface area contributed by atoms with E-state index in [1.807, 2.05) is 0 Å². The highest BCUT2D eigenvalue weighted by atomic mass is 16.5. The Morgan fingerprint density at radius 1 is 1.38 bits per heavy atom. The van der Waals surface area contributed by atoms with Crippen molar-refractivity contribution >= 4 is 0 Å². The average Bonchev–Trinajstić information content (AvgIpc) is 2.77. The molecule has 8 nitrogen and oxygen atoms in total. The van der Waals surface area contributed by atoms with Crippen LogP contribution in [0.3, 0.4) is 0 Å². The molecule has 0 aliphatic carbocycles. The summed E-state index contributed by atoms with van der Waals surface area (Å²) in [4.78, 5) is 25.5. The molecular weight excluding hydrogens is 280 g/mol. The van der Waals surface area contributed by atoms with E-state index in [9.17, 15) is 19.8 Å². The second kappa shape index (κ2) is 6.52. The number of aliphatic hydroxyl groups is 3. The van der Waals surface area contributed by atoms with Gasteiger partial charge in [-0.05, 0) is 19.8 Å². The number of nitrogens with zero attached hydrogens (tertiary/aromatic N) is 1. The van der Waals surface area contributed by atoms with E-state index in [2.05, 4.69) is 4.98 Å². The Hall–Kier alpha value is -1.48. The molecule has 0 spiro atoms. The second-order valence-corrected chi connectivity index (χ2v) is 5.25. The molecule has 1 aliphatic rings. The molecule has 4 atom stereocenters. The SMILES string of the molecule is Cc1cn([C@@H]2O[C@H](CO)C(O)C2CCCO)c(=O)[nH]c1=O. The fourth-order valence-electron chi connectivity index (χ4n) is 2.64. The Bertz CT molecular complexity index is 595. The molecule has 1 aromatic heterocycles. The van der Waals surface area contributed by atoms with Crippen LogP contribution >= 0.6 is 0 Å².